The lowest BCUT2D eigenvalue weighted by Gasteiger charge is -2.40. The van der Waals surface area contributed by atoms with Crippen molar-refractivity contribution >= 4 is 29.0 Å². The summed E-state index contributed by atoms with van der Waals surface area (Å²) in [7, 11) is 0. The van der Waals surface area contributed by atoms with Crippen molar-refractivity contribution in [2.45, 2.75) is 30.4 Å². The average molecular weight is 309 g/mol. The van der Waals surface area contributed by atoms with Gasteiger partial charge in [-0.25, -0.2) is 0 Å². The van der Waals surface area contributed by atoms with E-state index in [0.29, 0.717) is 11.3 Å². The van der Waals surface area contributed by atoms with E-state index in [9.17, 15) is 4.79 Å². The van der Waals surface area contributed by atoms with Gasteiger partial charge in [0.05, 0.1) is 16.4 Å². The highest BCUT2D eigenvalue weighted by atomic mass is 32.2. The Morgan fingerprint density at radius 3 is 2.95 bits per heavy atom. The zero-order valence-corrected chi connectivity index (χ0v) is 13.2. The summed E-state index contributed by atoms with van der Waals surface area (Å²) >= 11 is 3.26. The van der Waals surface area contributed by atoms with Gasteiger partial charge in [0.2, 0.25) is 0 Å². The van der Waals surface area contributed by atoms with Crippen LogP contribution in [0.25, 0.3) is 0 Å². The van der Waals surface area contributed by atoms with Crippen LogP contribution >= 0.6 is 23.1 Å². The van der Waals surface area contributed by atoms with Crippen LogP contribution in [0, 0.1) is 11.8 Å². The summed E-state index contributed by atoms with van der Waals surface area (Å²) in [5, 5.41) is 11.7. The van der Waals surface area contributed by atoms with E-state index in [0.717, 1.165) is 11.4 Å². The van der Waals surface area contributed by atoms with Crippen molar-refractivity contribution < 1.29 is 9.90 Å². The summed E-state index contributed by atoms with van der Waals surface area (Å²) < 4.78 is 0.261. The fraction of sp³-hybridized carbons (Fsp3) is 0.533. The lowest BCUT2D eigenvalue weighted by Crippen LogP contribution is -2.45. The number of hydrogen-bond acceptors (Lipinski definition) is 4. The predicted octanol–water partition coefficient (Wildman–Crippen LogP) is 2.50. The van der Waals surface area contributed by atoms with Gasteiger partial charge in [-0.1, -0.05) is 18.3 Å². The molecule has 1 aliphatic rings. The number of carbonyl (C=O) groups excluding carboxylic acids is 1. The third-order valence-corrected chi connectivity index (χ3v) is 5.97. The highest BCUT2D eigenvalue weighted by Gasteiger charge is 2.36. The molecular weight excluding hydrogens is 290 g/mol. The minimum absolute atomic E-state index is 0.00877. The van der Waals surface area contributed by atoms with Gasteiger partial charge in [0.15, 0.2) is 0 Å². The number of hydrogen-bond donors (Lipinski definition) is 2. The maximum atomic E-state index is 12.1. The maximum Gasteiger partial charge on any atom is 0.261 e. The third kappa shape index (κ3) is 3.78. The molecule has 0 aliphatic heterocycles. The monoisotopic (exact) mass is 309 g/mol. The summed E-state index contributed by atoms with van der Waals surface area (Å²) in [5.41, 5.74) is 0. The number of aliphatic hydroxyl groups excluding tert-OH is 1. The molecule has 0 bridgehead atoms. The number of aliphatic hydroxyl groups is 1. The molecule has 3 nitrogen and oxygen atoms in total. The van der Waals surface area contributed by atoms with E-state index in [1.807, 2.05) is 23.9 Å². The van der Waals surface area contributed by atoms with Crippen LogP contribution in [-0.4, -0.2) is 35.2 Å². The molecule has 2 rings (SSSR count). The zero-order valence-electron chi connectivity index (χ0n) is 11.6. The molecule has 1 heterocycles. The first-order valence-electron chi connectivity index (χ1n) is 6.72. The molecule has 1 amide bonds. The summed E-state index contributed by atoms with van der Waals surface area (Å²) in [4.78, 5) is 13.7. The molecule has 108 valence electrons. The molecule has 1 fully saturated rings. The number of thioether (sulfide) groups is 1. The van der Waals surface area contributed by atoms with Crippen molar-refractivity contribution in [3.05, 3.63) is 21.9 Å². The van der Waals surface area contributed by atoms with Gasteiger partial charge in [-0.05, 0) is 31.2 Å². The summed E-state index contributed by atoms with van der Waals surface area (Å²) in [6.45, 7) is 0.818. The van der Waals surface area contributed by atoms with Gasteiger partial charge in [-0.15, -0.1) is 11.3 Å². The van der Waals surface area contributed by atoms with Gasteiger partial charge in [0.1, 0.15) is 0 Å². The number of carbonyl (C=O) groups is 1. The Bertz CT molecular complexity index is 518. The van der Waals surface area contributed by atoms with E-state index in [-0.39, 0.29) is 17.3 Å². The van der Waals surface area contributed by atoms with Crippen LogP contribution in [0.2, 0.25) is 0 Å². The number of rotatable bonds is 5. The predicted molar refractivity (Wildman–Crippen MR) is 85.3 cm³/mol. The van der Waals surface area contributed by atoms with E-state index < -0.39 is 0 Å². The van der Waals surface area contributed by atoms with Crippen molar-refractivity contribution in [1.82, 2.24) is 5.32 Å². The molecule has 0 spiro atoms. The molecule has 20 heavy (non-hydrogen) atoms. The Morgan fingerprint density at radius 2 is 2.35 bits per heavy atom. The van der Waals surface area contributed by atoms with Gasteiger partial charge in [-0.3, -0.25) is 4.79 Å². The minimum atomic E-state index is -0.00877. The highest BCUT2D eigenvalue weighted by Crippen LogP contribution is 2.42. The van der Waals surface area contributed by atoms with Crippen LogP contribution in [0.3, 0.4) is 0 Å². The summed E-state index contributed by atoms with van der Waals surface area (Å²) in [6.07, 6.45) is 6.23. The number of amides is 1. The molecule has 1 saturated carbocycles. The fourth-order valence-electron chi connectivity index (χ4n) is 2.09. The fourth-order valence-corrected chi connectivity index (χ4v) is 3.80. The second-order valence-electron chi connectivity index (χ2n) is 4.86. The van der Waals surface area contributed by atoms with Gasteiger partial charge < -0.3 is 10.4 Å². The van der Waals surface area contributed by atoms with E-state index in [1.165, 1.54) is 30.6 Å². The molecule has 0 unspecified atom stereocenters. The Hall–Kier alpha value is -0.960. The lowest BCUT2D eigenvalue weighted by molar-refractivity contribution is 0.0948. The second-order valence-corrected chi connectivity index (χ2v) is 7.22. The molecule has 0 radical (unpaired) electrons. The zero-order chi connectivity index (χ0) is 14.4. The highest BCUT2D eigenvalue weighted by molar-refractivity contribution is 8.00. The summed E-state index contributed by atoms with van der Waals surface area (Å²) in [6, 6.07) is 3.67. The van der Waals surface area contributed by atoms with E-state index in [4.69, 9.17) is 5.11 Å². The van der Waals surface area contributed by atoms with E-state index >= 15 is 0 Å². The average Bonchev–Trinajstić information content (AvgIpc) is 2.87. The Labute approximate surface area is 128 Å². The van der Waals surface area contributed by atoms with Crippen molar-refractivity contribution in [3.8, 4) is 11.8 Å². The molecule has 0 aromatic carbocycles. The van der Waals surface area contributed by atoms with Crippen molar-refractivity contribution in [2.24, 2.45) is 0 Å². The van der Waals surface area contributed by atoms with Crippen LogP contribution < -0.4 is 5.32 Å². The Balaban J connectivity index is 1.88. The van der Waals surface area contributed by atoms with Gasteiger partial charge in [0.25, 0.3) is 5.91 Å². The molecule has 1 aromatic rings. The molecule has 2 N–H and O–H groups in total. The Kier molecular flexibility index (Phi) is 5.53. The van der Waals surface area contributed by atoms with Gasteiger partial charge >= 0.3 is 0 Å². The quantitative estimate of drug-likeness (QED) is 0.822. The third-order valence-electron chi connectivity index (χ3n) is 3.55. The van der Waals surface area contributed by atoms with Crippen LogP contribution in [-0.2, 0) is 0 Å². The maximum absolute atomic E-state index is 12.1. The SMILES string of the molecule is CSC1(CNC(=O)c2ccc(C#CCCO)s2)CCC1. The van der Waals surface area contributed by atoms with Crippen molar-refractivity contribution in [3.63, 3.8) is 0 Å². The molecule has 5 heteroatoms. The van der Waals surface area contributed by atoms with Crippen LogP contribution in [0.1, 0.15) is 40.2 Å². The molecule has 1 aliphatic carbocycles. The van der Waals surface area contributed by atoms with Crippen LogP contribution in [0.15, 0.2) is 12.1 Å². The molecular formula is C15H19NO2S2. The van der Waals surface area contributed by atoms with Crippen molar-refractivity contribution in [2.75, 3.05) is 19.4 Å². The normalized spacial score (nSPS) is 15.9. The number of thiophene rings is 1. The van der Waals surface area contributed by atoms with Crippen molar-refractivity contribution in [1.29, 1.82) is 0 Å². The topological polar surface area (TPSA) is 49.3 Å². The summed E-state index contributed by atoms with van der Waals surface area (Å²) in [5.74, 6) is 5.80. The minimum Gasteiger partial charge on any atom is -0.395 e. The first kappa shape index (κ1) is 15.4. The molecule has 0 saturated heterocycles. The molecule has 0 atom stereocenters. The largest absolute Gasteiger partial charge is 0.395 e. The first-order valence-corrected chi connectivity index (χ1v) is 8.76. The molecule has 1 aromatic heterocycles. The van der Waals surface area contributed by atoms with Crippen LogP contribution in [0.5, 0.6) is 0 Å². The van der Waals surface area contributed by atoms with Crippen LogP contribution in [0.4, 0.5) is 0 Å². The standard InChI is InChI=1S/C15H19NO2S2/c1-19-15(8-4-9-15)11-16-14(18)13-7-6-12(20-13)5-2-3-10-17/h6-7,17H,3-4,8-11H2,1H3,(H,16,18). The lowest BCUT2D eigenvalue weighted by atomic mass is 9.84. The Morgan fingerprint density at radius 1 is 1.55 bits per heavy atom. The second kappa shape index (κ2) is 7.16. The first-order chi connectivity index (χ1) is 9.69. The van der Waals surface area contributed by atoms with E-state index in [2.05, 4.69) is 23.4 Å². The smallest absolute Gasteiger partial charge is 0.261 e. The number of nitrogens with one attached hydrogen (secondary N) is 1. The van der Waals surface area contributed by atoms with Gasteiger partial charge in [0, 0.05) is 17.7 Å². The van der Waals surface area contributed by atoms with E-state index in [1.54, 1.807) is 0 Å². The van der Waals surface area contributed by atoms with Gasteiger partial charge in [-0.2, -0.15) is 11.8 Å².